The summed E-state index contributed by atoms with van der Waals surface area (Å²) in [6.45, 7) is 0. The third-order valence-corrected chi connectivity index (χ3v) is 3.74. The van der Waals surface area contributed by atoms with Crippen LogP contribution in [-0.2, 0) is 22.4 Å². The molecule has 0 radical (unpaired) electrons. The standard InChI is InChI=1S/C18H20N2O5/c19-15(17(22)23)9-11-1-5-13(6-2-11)20-16(18(24)25)10-12-3-7-14(21)8-4-12/h1-8,15-16,20-21H,9-10,19H2,(H,22,23)(H,24,25)/t15-,16-/m0/s1. The molecule has 132 valence electrons. The monoisotopic (exact) mass is 344 g/mol. The quantitative estimate of drug-likeness (QED) is 0.489. The van der Waals surface area contributed by atoms with Gasteiger partial charge in [-0.3, -0.25) is 4.79 Å². The van der Waals surface area contributed by atoms with Crippen molar-refractivity contribution >= 4 is 17.6 Å². The molecule has 7 heteroatoms. The second-order valence-corrected chi connectivity index (χ2v) is 5.75. The largest absolute Gasteiger partial charge is 0.508 e. The molecule has 2 aromatic rings. The predicted molar refractivity (Wildman–Crippen MR) is 92.6 cm³/mol. The van der Waals surface area contributed by atoms with Gasteiger partial charge in [-0.15, -0.1) is 0 Å². The van der Waals surface area contributed by atoms with Crippen molar-refractivity contribution in [2.45, 2.75) is 24.9 Å². The number of aliphatic carboxylic acids is 2. The zero-order valence-corrected chi connectivity index (χ0v) is 13.4. The highest BCUT2D eigenvalue weighted by atomic mass is 16.4. The van der Waals surface area contributed by atoms with Gasteiger partial charge in [0.15, 0.2) is 0 Å². The minimum atomic E-state index is -1.07. The molecule has 0 fully saturated rings. The maximum atomic E-state index is 11.5. The number of rotatable bonds is 8. The van der Waals surface area contributed by atoms with Gasteiger partial charge in [0.05, 0.1) is 0 Å². The molecule has 6 N–H and O–H groups in total. The van der Waals surface area contributed by atoms with E-state index in [0.29, 0.717) is 5.69 Å². The third-order valence-electron chi connectivity index (χ3n) is 3.74. The summed E-state index contributed by atoms with van der Waals surface area (Å²) in [5.41, 5.74) is 7.64. The van der Waals surface area contributed by atoms with E-state index in [1.807, 2.05) is 0 Å². The van der Waals surface area contributed by atoms with Crippen LogP contribution in [-0.4, -0.2) is 39.3 Å². The number of aromatic hydroxyl groups is 1. The van der Waals surface area contributed by atoms with E-state index in [-0.39, 0.29) is 18.6 Å². The van der Waals surface area contributed by atoms with E-state index in [2.05, 4.69) is 5.32 Å². The van der Waals surface area contributed by atoms with Crippen LogP contribution >= 0.6 is 0 Å². The summed E-state index contributed by atoms with van der Waals surface area (Å²) in [5, 5.41) is 30.4. The van der Waals surface area contributed by atoms with Crippen LogP contribution in [0.25, 0.3) is 0 Å². The number of nitrogens with one attached hydrogen (secondary N) is 1. The fourth-order valence-electron chi connectivity index (χ4n) is 2.35. The molecule has 25 heavy (non-hydrogen) atoms. The SMILES string of the molecule is N[C@@H](Cc1ccc(N[C@@H](Cc2ccc(O)cc2)C(=O)O)cc1)C(=O)O. The lowest BCUT2D eigenvalue weighted by molar-refractivity contribution is -0.139. The molecule has 0 unspecified atom stereocenters. The number of carbonyl (C=O) groups is 2. The highest BCUT2D eigenvalue weighted by Crippen LogP contribution is 2.16. The minimum absolute atomic E-state index is 0.124. The summed E-state index contributed by atoms with van der Waals surface area (Å²) < 4.78 is 0. The van der Waals surface area contributed by atoms with Gasteiger partial charge in [-0.25, -0.2) is 4.79 Å². The van der Waals surface area contributed by atoms with Crippen LogP contribution < -0.4 is 11.1 Å². The van der Waals surface area contributed by atoms with Gasteiger partial charge in [-0.2, -0.15) is 0 Å². The molecule has 0 saturated heterocycles. The van der Waals surface area contributed by atoms with Gasteiger partial charge >= 0.3 is 11.9 Å². The molecular formula is C18H20N2O5. The van der Waals surface area contributed by atoms with Crippen LogP contribution in [0, 0.1) is 0 Å². The molecular weight excluding hydrogens is 324 g/mol. The van der Waals surface area contributed by atoms with E-state index in [1.165, 1.54) is 12.1 Å². The number of benzene rings is 2. The molecule has 2 rings (SSSR count). The number of hydrogen-bond donors (Lipinski definition) is 5. The second-order valence-electron chi connectivity index (χ2n) is 5.75. The molecule has 0 spiro atoms. The van der Waals surface area contributed by atoms with Gasteiger partial charge in [0.25, 0.3) is 0 Å². The average Bonchev–Trinajstić information content (AvgIpc) is 2.57. The summed E-state index contributed by atoms with van der Waals surface area (Å²) in [6, 6.07) is 11.4. The molecule has 2 atom stereocenters. The van der Waals surface area contributed by atoms with Crippen LogP contribution in [0.1, 0.15) is 11.1 Å². The highest BCUT2D eigenvalue weighted by Gasteiger charge is 2.18. The van der Waals surface area contributed by atoms with E-state index in [0.717, 1.165) is 11.1 Å². The van der Waals surface area contributed by atoms with Gasteiger partial charge < -0.3 is 26.4 Å². The fourth-order valence-corrected chi connectivity index (χ4v) is 2.35. The van der Waals surface area contributed by atoms with Gasteiger partial charge in [0.1, 0.15) is 17.8 Å². The topological polar surface area (TPSA) is 133 Å². The third kappa shape index (κ3) is 5.50. The van der Waals surface area contributed by atoms with Crippen molar-refractivity contribution in [1.29, 1.82) is 0 Å². The van der Waals surface area contributed by atoms with Crippen molar-refractivity contribution in [2.75, 3.05) is 5.32 Å². The Labute approximate surface area is 144 Å². The summed E-state index contributed by atoms with van der Waals surface area (Å²) in [7, 11) is 0. The minimum Gasteiger partial charge on any atom is -0.508 e. The number of carboxylic acid groups (broad SMARTS) is 2. The lowest BCUT2D eigenvalue weighted by Gasteiger charge is -2.16. The molecule has 0 saturated carbocycles. The van der Waals surface area contributed by atoms with Crippen molar-refractivity contribution < 1.29 is 24.9 Å². The Bertz CT molecular complexity index is 728. The number of phenols is 1. The van der Waals surface area contributed by atoms with Crippen molar-refractivity contribution in [1.82, 2.24) is 0 Å². The van der Waals surface area contributed by atoms with Crippen molar-refractivity contribution in [3.05, 3.63) is 59.7 Å². The van der Waals surface area contributed by atoms with Crippen LogP contribution in [0.4, 0.5) is 5.69 Å². The zero-order valence-electron chi connectivity index (χ0n) is 13.4. The molecule has 0 heterocycles. The van der Waals surface area contributed by atoms with E-state index in [9.17, 15) is 19.8 Å². The number of phenolic OH excluding ortho intramolecular Hbond substituents is 1. The van der Waals surface area contributed by atoms with E-state index in [1.54, 1.807) is 36.4 Å². The second kappa shape index (κ2) is 8.16. The van der Waals surface area contributed by atoms with Gasteiger partial charge in [-0.1, -0.05) is 24.3 Å². The van der Waals surface area contributed by atoms with Crippen LogP contribution in [0.3, 0.4) is 0 Å². The maximum absolute atomic E-state index is 11.5. The normalized spacial score (nSPS) is 13.0. The molecule has 0 amide bonds. The smallest absolute Gasteiger partial charge is 0.326 e. The Hall–Kier alpha value is -3.06. The summed E-state index contributed by atoms with van der Waals surface area (Å²) >= 11 is 0. The first-order valence-corrected chi connectivity index (χ1v) is 7.69. The first-order chi connectivity index (χ1) is 11.8. The Morgan fingerprint density at radius 3 is 1.92 bits per heavy atom. The van der Waals surface area contributed by atoms with Gasteiger partial charge in [0.2, 0.25) is 0 Å². The van der Waals surface area contributed by atoms with E-state index >= 15 is 0 Å². The number of carboxylic acids is 2. The van der Waals surface area contributed by atoms with E-state index < -0.39 is 24.0 Å². The number of anilines is 1. The van der Waals surface area contributed by atoms with E-state index in [4.69, 9.17) is 10.8 Å². The maximum Gasteiger partial charge on any atom is 0.326 e. The number of hydrogen-bond acceptors (Lipinski definition) is 5. The summed E-state index contributed by atoms with van der Waals surface area (Å²) in [4.78, 5) is 22.2. The summed E-state index contributed by atoms with van der Waals surface area (Å²) in [6.07, 6.45) is 0.451. The van der Waals surface area contributed by atoms with Gasteiger partial charge in [-0.05, 0) is 41.8 Å². The van der Waals surface area contributed by atoms with Crippen molar-refractivity contribution in [2.24, 2.45) is 5.73 Å². The molecule has 2 aromatic carbocycles. The Morgan fingerprint density at radius 2 is 1.40 bits per heavy atom. The molecule has 0 aromatic heterocycles. The Kier molecular flexibility index (Phi) is 5.97. The lowest BCUT2D eigenvalue weighted by Crippen LogP contribution is -2.32. The van der Waals surface area contributed by atoms with Crippen molar-refractivity contribution in [3.8, 4) is 5.75 Å². The van der Waals surface area contributed by atoms with Crippen molar-refractivity contribution in [3.63, 3.8) is 0 Å². The molecule has 0 aliphatic heterocycles. The van der Waals surface area contributed by atoms with Crippen LogP contribution in [0.5, 0.6) is 5.75 Å². The first-order valence-electron chi connectivity index (χ1n) is 7.69. The summed E-state index contributed by atoms with van der Waals surface area (Å²) in [5.74, 6) is -1.94. The molecule has 7 nitrogen and oxygen atoms in total. The highest BCUT2D eigenvalue weighted by molar-refractivity contribution is 5.78. The zero-order chi connectivity index (χ0) is 18.4. The molecule has 0 aliphatic carbocycles. The molecule has 0 bridgehead atoms. The Balaban J connectivity index is 2.02. The fraction of sp³-hybridized carbons (Fsp3) is 0.222. The lowest BCUT2D eigenvalue weighted by atomic mass is 10.0. The molecule has 0 aliphatic rings. The predicted octanol–water partition coefficient (Wildman–Crippen LogP) is 1.45. The van der Waals surface area contributed by atoms with Gasteiger partial charge in [0, 0.05) is 12.1 Å². The number of nitrogens with two attached hydrogens (primary N) is 1. The average molecular weight is 344 g/mol. The Morgan fingerprint density at radius 1 is 0.880 bits per heavy atom. The van der Waals surface area contributed by atoms with Crippen LogP contribution in [0.15, 0.2) is 48.5 Å². The first kappa shape index (κ1) is 18.3. The van der Waals surface area contributed by atoms with Crippen LogP contribution in [0.2, 0.25) is 0 Å².